The molecule has 4 nitrogen and oxygen atoms in total. The number of hydrogen-bond acceptors (Lipinski definition) is 3. The molecule has 0 aromatic heterocycles. The third-order valence-corrected chi connectivity index (χ3v) is 3.04. The zero-order valence-corrected chi connectivity index (χ0v) is 12.9. The minimum atomic E-state index is -0.448. The molecule has 1 amide bonds. The third kappa shape index (κ3) is 5.21. The van der Waals surface area contributed by atoms with Crippen LogP contribution in [0.5, 0.6) is 5.75 Å². The topological polar surface area (TPSA) is 64.3 Å². The van der Waals surface area contributed by atoms with Crippen molar-refractivity contribution in [3.05, 3.63) is 29.3 Å². The molecular weight excluding hydrogens is 252 g/mol. The number of aryl methyl sites for hydroxylation is 1. The average molecular weight is 278 g/mol. The molecule has 0 saturated carbocycles. The molecule has 0 heterocycles. The van der Waals surface area contributed by atoms with E-state index >= 15 is 0 Å². The molecule has 0 spiro atoms. The van der Waals surface area contributed by atoms with E-state index in [1.807, 2.05) is 32.0 Å². The van der Waals surface area contributed by atoms with E-state index in [1.54, 1.807) is 0 Å². The summed E-state index contributed by atoms with van der Waals surface area (Å²) in [5.41, 5.74) is 7.97. The number of benzene rings is 1. The van der Waals surface area contributed by atoms with Crippen molar-refractivity contribution in [2.45, 2.75) is 46.7 Å². The minimum Gasteiger partial charge on any atom is -0.494 e. The van der Waals surface area contributed by atoms with Gasteiger partial charge in [0.2, 0.25) is 5.91 Å². The summed E-state index contributed by atoms with van der Waals surface area (Å²) in [7, 11) is 0. The van der Waals surface area contributed by atoms with E-state index in [1.165, 1.54) is 0 Å². The van der Waals surface area contributed by atoms with Crippen molar-refractivity contribution in [3.63, 3.8) is 0 Å². The van der Waals surface area contributed by atoms with Gasteiger partial charge in [-0.05, 0) is 37.8 Å². The van der Waals surface area contributed by atoms with Gasteiger partial charge in [-0.15, -0.1) is 0 Å². The Bertz CT molecular complexity index is 444. The summed E-state index contributed by atoms with van der Waals surface area (Å²) in [4.78, 5) is 11.9. The zero-order chi connectivity index (χ0) is 15.1. The maximum Gasteiger partial charge on any atom is 0.237 e. The number of carbonyl (C=O) groups is 1. The van der Waals surface area contributed by atoms with E-state index in [9.17, 15) is 4.79 Å². The predicted molar refractivity (Wildman–Crippen MR) is 81.6 cm³/mol. The SMILES string of the molecule is CCOc1cc(C)ccc1CNC(=O)[C@@H](N)CC(C)C. The van der Waals surface area contributed by atoms with Crippen LogP contribution in [0.2, 0.25) is 0 Å². The first-order valence-electron chi connectivity index (χ1n) is 7.19. The van der Waals surface area contributed by atoms with E-state index in [0.717, 1.165) is 16.9 Å². The largest absolute Gasteiger partial charge is 0.494 e. The van der Waals surface area contributed by atoms with Crippen LogP contribution in [0.25, 0.3) is 0 Å². The second-order valence-corrected chi connectivity index (χ2v) is 5.50. The molecule has 1 atom stereocenters. The van der Waals surface area contributed by atoms with Gasteiger partial charge in [-0.1, -0.05) is 26.0 Å². The lowest BCUT2D eigenvalue weighted by Crippen LogP contribution is -2.41. The van der Waals surface area contributed by atoms with Crippen molar-refractivity contribution in [2.24, 2.45) is 11.7 Å². The van der Waals surface area contributed by atoms with E-state index in [2.05, 4.69) is 19.2 Å². The molecule has 0 aliphatic carbocycles. The van der Waals surface area contributed by atoms with Crippen LogP contribution in [0.1, 0.15) is 38.3 Å². The summed E-state index contributed by atoms with van der Waals surface area (Å²) in [6, 6.07) is 5.53. The fourth-order valence-electron chi connectivity index (χ4n) is 2.03. The average Bonchev–Trinajstić information content (AvgIpc) is 2.37. The first kappa shape index (κ1) is 16.5. The molecule has 3 N–H and O–H groups in total. The standard InChI is InChI=1S/C16H26N2O2/c1-5-20-15-9-12(4)6-7-13(15)10-18-16(19)14(17)8-11(2)3/h6-7,9,11,14H,5,8,10,17H2,1-4H3,(H,18,19)/t14-/m0/s1. The van der Waals surface area contributed by atoms with Crippen molar-refractivity contribution < 1.29 is 9.53 Å². The van der Waals surface area contributed by atoms with Gasteiger partial charge in [0, 0.05) is 12.1 Å². The first-order valence-corrected chi connectivity index (χ1v) is 7.19. The highest BCUT2D eigenvalue weighted by Gasteiger charge is 2.15. The van der Waals surface area contributed by atoms with Crippen molar-refractivity contribution in [2.75, 3.05) is 6.61 Å². The quantitative estimate of drug-likeness (QED) is 0.805. The second-order valence-electron chi connectivity index (χ2n) is 5.50. The number of nitrogens with two attached hydrogens (primary N) is 1. The number of nitrogens with one attached hydrogen (secondary N) is 1. The van der Waals surface area contributed by atoms with Crippen LogP contribution >= 0.6 is 0 Å². The van der Waals surface area contributed by atoms with Crippen LogP contribution in [0.15, 0.2) is 18.2 Å². The summed E-state index contributed by atoms with van der Waals surface area (Å²) in [5.74, 6) is 1.13. The minimum absolute atomic E-state index is 0.110. The van der Waals surface area contributed by atoms with Gasteiger partial charge >= 0.3 is 0 Å². The van der Waals surface area contributed by atoms with E-state index in [-0.39, 0.29) is 5.91 Å². The van der Waals surface area contributed by atoms with Crippen LogP contribution < -0.4 is 15.8 Å². The molecule has 112 valence electrons. The molecule has 1 aromatic rings. The van der Waals surface area contributed by atoms with Crippen LogP contribution in [-0.4, -0.2) is 18.6 Å². The molecule has 0 aliphatic rings. The highest BCUT2D eigenvalue weighted by atomic mass is 16.5. The lowest BCUT2D eigenvalue weighted by Gasteiger charge is -2.16. The highest BCUT2D eigenvalue weighted by Crippen LogP contribution is 2.20. The van der Waals surface area contributed by atoms with Gasteiger partial charge in [-0.25, -0.2) is 0 Å². The second kappa shape index (κ2) is 7.90. The van der Waals surface area contributed by atoms with Crippen LogP contribution in [0.3, 0.4) is 0 Å². The lowest BCUT2D eigenvalue weighted by molar-refractivity contribution is -0.122. The molecule has 0 fully saturated rings. The molecule has 0 unspecified atom stereocenters. The fourth-order valence-corrected chi connectivity index (χ4v) is 2.03. The Kier molecular flexibility index (Phi) is 6.52. The van der Waals surface area contributed by atoms with Gasteiger partial charge in [-0.3, -0.25) is 4.79 Å². The van der Waals surface area contributed by atoms with Gasteiger partial charge in [0.05, 0.1) is 12.6 Å². The Labute approximate surface area is 121 Å². The monoisotopic (exact) mass is 278 g/mol. The third-order valence-electron chi connectivity index (χ3n) is 3.04. The van der Waals surface area contributed by atoms with E-state index in [0.29, 0.717) is 25.5 Å². The van der Waals surface area contributed by atoms with Gasteiger partial charge in [-0.2, -0.15) is 0 Å². The molecular formula is C16H26N2O2. The van der Waals surface area contributed by atoms with E-state index in [4.69, 9.17) is 10.5 Å². The van der Waals surface area contributed by atoms with Crippen molar-refractivity contribution >= 4 is 5.91 Å². The van der Waals surface area contributed by atoms with Crippen molar-refractivity contribution in [3.8, 4) is 5.75 Å². The molecule has 0 aliphatic heterocycles. The molecule has 20 heavy (non-hydrogen) atoms. The normalized spacial score (nSPS) is 12.3. The van der Waals surface area contributed by atoms with Crippen LogP contribution in [0, 0.1) is 12.8 Å². The van der Waals surface area contributed by atoms with Crippen LogP contribution in [0.4, 0.5) is 0 Å². The smallest absolute Gasteiger partial charge is 0.237 e. The Balaban J connectivity index is 2.63. The molecule has 4 heteroatoms. The Hall–Kier alpha value is -1.55. The molecule has 0 bridgehead atoms. The van der Waals surface area contributed by atoms with Crippen LogP contribution in [-0.2, 0) is 11.3 Å². The van der Waals surface area contributed by atoms with Gasteiger partial charge in [0.25, 0.3) is 0 Å². The van der Waals surface area contributed by atoms with Gasteiger partial charge < -0.3 is 15.8 Å². The molecule has 0 radical (unpaired) electrons. The first-order chi connectivity index (χ1) is 9.43. The Morgan fingerprint density at radius 2 is 2.10 bits per heavy atom. The Morgan fingerprint density at radius 1 is 1.40 bits per heavy atom. The fraction of sp³-hybridized carbons (Fsp3) is 0.562. The van der Waals surface area contributed by atoms with Crippen molar-refractivity contribution in [1.82, 2.24) is 5.32 Å². The number of ether oxygens (including phenoxy) is 1. The molecule has 1 aromatic carbocycles. The summed E-state index contributed by atoms with van der Waals surface area (Å²) < 4.78 is 5.59. The Morgan fingerprint density at radius 3 is 2.70 bits per heavy atom. The maximum absolute atomic E-state index is 11.9. The lowest BCUT2D eigenvalue weighted by atomic mass is 10.0. The summed E-state index contributed by atoms with van der Waals surface area (Å²) in [6.45, 7) is 9.13. The molecule has 0 saturated heterocycles. The van der Waals surface area contributed by atoms with Crippen molar-refractivity contribution in [1.29, 1.82) is 0 Å². The number of hydrogen-bond donors (Lipinski definition) is 2. The predicted octanol–water partition coefficient (Wildman–Crippen LogP) is 2.38. The van der Waals surface area contributed by atoms with Gasteiger partial charge in [0.15, 0.2) is 0 Å². The zero-order valence-electron chi connectivity index (χ0n) is 12.9. The van der Waals surface area contributed by atoms with E-state index < -0.39 is 6.04 Å². The molecule has 1 rings (SSSR count). The summed E-state index contributed by atoms with van der Waals surface area (Å²) in [6.07, 6.45) is 0.693. The summed E-state index contributed by atoms with van der Waals surface area (Å²) in [5, 5.41) is 2.88. The van der Waals surface area contributed by atoms with Gasteiger partial charge in [0.1, 0.15) is 5.75 Å². The maximum atomic E-state index is 11.9. The number of amides is 1. The highest BCUT2D eigenvalue weighted by molar-refractivity contribution is 5.81. The number of carbonyl (C=O) groups excluding carboxylic acids is 1. The number of rotatable bonds is 7. The summed E-state index contributed by atoms with van der Waals surface area (Å²) >= 11 is 0.